The highest BCUT2D eigenvalue weighted by atomic mass is 14.7. The minimum absolute atomic E-state index is 0.0597. The van der Waals surface area contributed by atoms with E-state index in [0.717, 1.165) is 5.92 Å². The summed E-state index contributed by atoms with van der Waals surface area (Å²) in [7, 11) is 0. The number of fused-ring (bicyclic) bond motifs is 17. The Kier molecular flexibility index (Phi) is 3.08. The summed E-state index contributed by atoms with van der Waals surface area (Å²) in [4.78, 5) is 0. The van der Waals surface area contributed by atoms with E-state index >= 15 is 0 Å². The summed E-state index contributed by atoms with van der Waals surface area (Å²) < 4.78 is 0. The summed E-state index contributed by atoms with van der Waals surface area (Å²) in [6.45, 7) is 0. The van der Waals surface area contributed by atoms with Crippen LogP contribution in [0, 0.1) is 11.8 Å². The van der Waals surface area contributed by atoms with Crippen LogP contribution in [0.2, 0.25) is 0 Å². The summed E-state index contributed by atoms with van der Waals surface area (Å²) in [6, 6.07) is 41.9. The highest BCUT2D eigenvalue weighted by Crippen LogP contribution is 2.77. The molecule has 0 aromatic heterocycles. The lowest BCUT2D eigenvalue weighted by Gasteiger charge is -2.53. The smallest absolute Gasteiger partial charge is 0.0506 e. The van der Waals surface area contributed by atoms with Gasteiger partial charge in [0.2, 0.25) is 0 Å². The molecule has 1 saturated carbocycles. The van der Waals surface area contributed by atoms with Crippen LogP contribution in [0.1, 0.15) is 45.2 Å². The van der Waals surface area contributed by atoms with Crippen LogP contribution in [0.5, 0.6) is 0 Å². The molecule has 1 fully saturated rings. The van der Waals surface area contributed by atoms with Gasteiger partial charge in [-0.05, 0) is 85.4 Å². The van der Waals surface area contributed by atoms with Crippen molar-refractivity contribution in [1.82, 2.24) is 0 Å². The van der Waals surface area contributed by atoms with Crippen LogP contribution < -0.4 is 0 Å². The molecule has 34 heavy (non-hydrogen) atoms. The second kappa shape index (κ2) is 5.88. The van der Waals surface area contributed by atoms with E-state index in [2.05, 4.69) is 109 Å². The first-order valence-electron chi connectivity index (χ1n) is 12.7. The Morgan fingerprint density at radius 2 is 1.26 bits per heavy atom. The number of benzene rings is 5. The van der Waals surface area contributed by atoms with E-state index in [0.29, 0.717) is 17.8 Å². The van der Waals surface area contributed by atoms with Crippen LogP contribution in [-0.4, -0.2) is 0 Å². The summed E-state index contributed by atoms with van der Waals surface area (Å²) in [5.74, 6) is 2.60. The molecule has 5 atom stereocenters. The van der Waals surface area contributed by atoms with Gasteiger partial charge in [0.15, 0.2) is 0 Å². The molecule has 2 unspecified atom stereocenters. The second-order valence-corrected chi connectivity index (χ2v) is 10.8. The van der Waals surface area contributed by atoms with E-state index in [9.17, 15) is 0 Å². The van der Waals surface area contributed by atoms with Crippen LogP contribution in [0.15, 0.2) is 109 Å². The monoisotopic (exact) mass is 432 g/mol. The molecule has 1 spiro atoms. The molecule has 5 aromatic carbocycles. The van der Waals surface area contributed by atoms with Crippen LogP contribution in [-0.2, 0) is 11.8 Å². The summed E-state index contributed by atoms with van der Waals surface area (Å²) in [5, 5.41) is 2.74. The Balaban J connectivity index is 1.43. The number of hydrogen-bond donors (Lipinski definition) is 0. The van der Waals surface area contributed by atoms with Crippen molar-refractivity contribution in [3.63, 3.8) is 0 Å². The van der Waals surface area contributed by atoms with Crippen LogP contribution >= 0.6 is 0 Å². The van der Waals surface area contributed by atoms with Crippen molar-refractivity contribution >= 4 is 10.8 Å². The van der Waals surface area contributed by atoms with E-state index in [1.807, 2.05) is 0 Å². The molecular formula is C34H24. The Bertz CT molecular complexity index is 1670. The highest BCUT2D eigenvalue weighted by molar-refractivity contribution is 6.03. The second-order valence-electron chi connectivity index (χ2n) is 10.8. The van der Waals surface area contributed by atoms with Gasteiger partial charge < -0.3 is 0 Å². The van der Waals surface area contributed by atoms with Crippen LogP contribution in [0.4, 0.5) is 0 Å². The Morgan fingerprint density at radius 3 is 2.21 bits per heavy atom. The molecule has 5 aromatic rings. The molecule has 0 nitrogen and oxygen atoms in total. The first kappa shape index (κ1) is 17.8. The zero-order chi connectivity index (χ0) is 22.0. The van der Waals surface area contributed by atoms with Gasteiger partial charge in [-0.15, -0.1) is 0 Å². The largest absolute Gasteiger partial charge is 0.0620 e. The van der Waals surface area contributed by atoms with Crippen molar-refractivity contribution in [2.24, 2.45) is 11.8 Å². The van der Waals surface area contributed by atoms with Gasteiger partial charge in [0, 0.05) is 0 Å². The maximum absolute atomic E-state index is 2.48. The molecule has 0 N–H and O–H groups in total. The molecule has 0 heterocycles. The van der Waals surface area contributed by atoms with Gasteiger partial charge in [-0.25, -0.2) is 0 Å². The van der Waals surface area contributed by atoms with E-state index in [-0.39, 0.29) is 5.41 Å². The van der Waals surface area contributed by atoms with Crippen molar-refractivity contribution in [3.8, 4) is 11.1 Å². The third-order valence-corrected chi connectivity index (χ3v) is 9.79. The predicted molar refractivity (Wildman–Crippen MR) is 138 cm³/mol. The first-order valence-corrected chi connectivity index (χ1v) is 12.7. The molecular weight excluding hydrogens is 408 g/mol. The Hall–Kier alpha value is -3.64. The minimum atomic E-state index is -0.0597. The molecule has 9 rings (SSSR count). The van der Waals surface area contributed by atoms with E-state index in [4.69, 9.17) is 0 Å². The maximum atomic E-state index is 2.48. The van der Waals surface area contributed by atoms with Crippen molar-refractivity contribution in [1.29, 1.82) is 0 Å². The number of rotatable bonds is 0. The lowest BCUT2D eigenvalue weighted by atomic mass is 9.49. The third-order valence-electron chi connectivity index (χ3n) is 9.79. The van der Waals surface area contributed by atoms with Gasteiger partial charge in [0.05, 0.1) is 5.41 Å². The SMILES string of the molecule is c1ccc2c(c1)C[C@@H]1C2[C@H]2[C@@H]1c1ccccc1C21c2ccccc2-c2c1ccc1ccccc21. The van der Waals surface area contributed by atoms with Gasteiger partial charge in [-0.1, -0.05) is 109 Å². The van der Waals surface area contributed by atoms with E-state index in [1.54, 1.807) is 22.3 Å². The van der Waals surface area contributed by atoms with Gasteiger partial charge in [0.1, 0.15) is 0 Å². The maximum Gasteiger partial charge on any atom is 0.0506 e. The minimum Gasteiger partial charge on any atom is -0.0620 e. The molecule has 0 heteroatoms. The molecule has 0 saturated heterocycles. The zero-order valence-corrected chi connectivity index (χ0v) is 18.9. The van der Waals surface area contributed by atoms with Crippen molar-refractivity contribution in [2.75, 3.05) is 0 Å². The molecule has 4 aliphatic rings. The van der Waals surface area contributed by atoms with E-state index < -0.39 is 0 Å². The van der Waals surface area contributed by atoms with Gasteiger partial charge in [-0.3, -0.25) is 0 Å². The predicted octanol–water partition coefficient (Wildman–Crippen LogP) is 7.84. The van der Waals surface area contributed by atoms with Gasteiger partial charge in [-0.2, -0.15) is 0 Å². The molecule has 0 amide bonds. The van der Waals surface area contributed by atoms with Gasteiger partial charge >= 0.3 is 0 Å². The topological polar surface area (TPSA) is 0 Å². The Labute approximate surface area is 199 Å². The van der Waals surface area contributed by atoms with Crippen LogP contribution in [0.25, 0.3) is 21.9 Å². The number of hydrogen-bond acceptors (Lipinski definition) is 0. The van der Waals surface area contributed by atoms with Crippen molar-refractivity contribution < 1.29 is 0 Å². The molecule has 0 radical (unpaired) electrons. The van der Waals surface area contributed by atoms with Crippen molar-refractivity contribution in [3.05, 3.63) is 143 Å². The molecule has 0 aliphatic heterocycles. The first-order chi connectivity index (χ1) is 16.9. The van der Waals surface area contributed by atoms with Crippen LogP contribution in [0.3, 0.4) is 0 Å². The van der Waals surface area contributed by atoms with Gasteiger partial charge in [0.25, 0.3) is 0 Å². The summed E-state index contributed by atoms with van der Waals surface area (Å²) in [5.41, 5.74) is 12.3. The lowest BCUT2D eigenvalue weighted by molar-refractivity contribution is 0.0895. The quantitative estimate of drug-likeness (QED) is 0.234. The molecule has 160 valence electrons. The fourth-order valence-corrected chi connectivity index (χ4v) is 8.83. The Morgan fingerprint density at radius 1 is 0.559 bits per heavy atom. The third kappa shape index (κ3) is 1.78. The lowest BCUT2D eigenvalue weighted by Crippen LogP contribution is -2.48. The van der Waals surface area contributed by atoms with E-state index in [1.165, 1.54) is 39.4 Å². The fourth-order valence-electron chi connectivity index (χ4n) is 8.83. The van der Waals surface area contributed by atoms with Crippen molar-refractivity contribution in [2.45, 2.75) is 23.7 Å². The normalized spacial score (nSPS) is 28.6. The summed E-state index contributed by atoms with van der Waals surface area (Å²) >= 11 is 0. The highest BCUT2D eigenvalue weighted by Gasteiger charge is 2.69. The standard InChI is InChI=1S/C34H24/c1-3-11-22-20(9-1)17-18-29-30(22)24-13-5-7-15-27(24)34(29)28-16-8-6-14-25(28)32-26-19-21-10-2-4-12-23(21)31(26)33(32)34/h1-18,26,31-33H,19H2/t26-,31?,32-,33+,34?/m1/s1. The fraction of sp³-hybridized carbons (Fsp3) is 0.176. The average Bonchev–Trinajstić information content (AvgIpc) is 3.45. The molecule has 4 aliphatic carbocycles. The average molecular weight is 433 g/mol. The molecule has 0 bridgehead atoms. The zero-order valence-electron chi connectivity index (χ0n) is 18.9. The summed E-state index contributed by atoms with van der Waals surface area (Å²) in [6.07, 6.45) is 1.23.